The van der Waals surface area contributed by atoms with Gasteiger partial charge in [-0.2, -0.15) is 0 Å². The van der Waals surface area contributed by atoms with E-state index in [9.17, 15) is 4.57 Å². The summed E-state index contributed by atoms with van der Waals surface area (Å²) in [5.41, 5.74) is 0. The quantitative estimate of drug-likeness (QED) is 0.582. The Morgan fingerprint density at radius 1 is 1.80 bits per heavy atom. The van der Waals surface area contributed by atoms with Gasteiger partial charge in [0.05, 0.1) is 19.5 Å². The fourth-order valence-electron chi connectivity index (χ4n) is 0.547. The number of phosphoric acid groups is 1. The van der Waals surface area contributed by atoms with Gasteiger partial charge in [-0.25, -0.2) is 4.57 Å². The second-order valence-corrected chi connectivity index (χ2v) is 3.26. The maximum atomic E-state index is 11.1. The normalized spacial score (nSPS) is 31.7. The van der Waals surface area contributed by atoms with Gasteiger partial charge in [0.15, 0.2) is 0 Å². The zero-order chi connectivity index (χ0) is 7.45. The van der Waals surface area contributed by atoms with Crippen LogP contribution >= 0.6 is 7.82 Å². The number of hydrogen-bond acceptors (Lipinski definition) is 4. The van der Waals surface area contributed by atoms with Crippen LogP contribution in [0.2, 0.25) is 0 Å². The molecule has 0 N–H and O–H groups in total. The summed E-state index contributed by atoms with van der Waals surface area (Å²) < 4.78 is 25.2. The van der Waals surface area contributed by atoms with Gasteiger partial charge >= 0.3 is 7.82 Å². The molecule has 1 heterocycles. The molecule has 58 valence electrons. The molecule has 0 bridgehead atoms. The summed E-state index contributed by atoms with van der Waals surface area (Å²) in [4.78, 5) is 0. The van der Waals surface area contributed by atoms with E-state index in [2.05, 4.69) is 4.52 Å². The lowest BCUT2D eigenvalue weighted by atomic mass is 10.7. The predicted molar refractivity (Wildman–Crippen MR) is 35.4 cm³/mol. The Morgan fingerprint density at radius 3 is 3.10 bits per heavy atom. The van der Waals surface area contributed by atoms with E-state index in [0.29, 0.717) is 6.61 Å². The zero-order valence-electron chi connectivity index (χ0n) is 5.65. The van der Waals surface area contributed by atoms with Crippen molar-refractivity contribution < 1.29 is 18.1 Å². The van der Waals surface area contributed by atoms with Gasteiger partial charge in [0.25, 0.3) is 0 Å². The van der Waals surface area contributed by atoms with Crippen LogP contribution in [0.15, 0.2) is 12.3 Å². The summed E-state index contributed by atoms with van der Waals surface area (Å²) in [6.45, 7) is 2.34. The lowest BCUT2D eigenvalue weighted by molar-refractivity contribution is 0.148. The monoisotopic (exact) mass is 164 g/mol. The molecule has 5 heteroatoms. The van der Waals surface area contributed by atoms with E-state index in [0.717, 1.165) is 0 Å². The molecule has 0 spiro atoms. The van der Waals surface area contributed by atoms with Crippen LogP contribution in [0.1, 0.15) is 6.92 Å². The lowest BCUT2D eigenvalue weighted by Crippen LogP contribution is -2.00. The van der Waals surface area contributed by atoms with Gasteiger partial charge in [-0.15, -0.1) is 0 Å². The fourth-order valence-corrected chi connectivity index (χ4v) is 1.56. The molecule has 0 radical (unpaired) electrons. The van der Waals surface area contributed by atoms with Crippen LogP contribution in [0.5, 0.6) is 0 Å². The van der Waals surface area contributed by atoms with Gasteiger partial charge in [0, 0.05) is 0 Å². The van der Waals surface area contributed by atoms with Gasteiger partial charge in [-0.05, 0) is 13.0 Å². The molecule has 0 aromatic rings. The second kappa shape index (κ2) is 3.19. The molecule has 1 unspecified atom stereocenters. The number of hydrogen-bond donors (Lipinski definition) is 0. The largest absolute Gasteiger partial charge is 0.529 e. The van der Waals surface area contributed by atoms with Crippen molar-refractivity contribution in [2.45, 2.75) is 6.92 Å². The van der Waals surface area contributed by atoms with Crippen molar-refractivity contribution in [3.63, 3.8) is 0 Å². The fraction of sp³-hybridized carbons (Fsp3) is 0.600. The third-order valence-electron chi connectivity index (χ3n) is 0.902. The Kier molecular flexibility index (Phi) is 2.49. The van der Waals surface area contributed by atoms with Gasteiger partial charge in [0.1, 0.15) is 0 Å². The summed E-state index contributed by atoms with van der Waals surface area (Å²) in [6.07, 6.45) is 2.95. The molecule has 4 nitrogen and oxygen atoms in total. The molecule has 0 amide bonds. The maximum absolute atomic E-state index is 11.1. The minimum Gasteiger partial charge on any atom is -0.412 e. The molecule has 1 aliphatic rings. The molecular formula is C5H9O4P. The van der Waals surface area contributed by atoms with Gasteiger partial charge in [-0.3, -0.25) is 9.05 Å². The molecular weight excluding hydrogens is 155 g/mol. The number of phosphoric ester groups is 1. The first-order valence-electron chi connectivity index (χ1n) is 2.99. The van der Waals surface area contributed by atoms with Crippen molar-refractivity contribution in [2.75, 3.05) is 13.2 Å². The molecule has 10 heavy (non-hydrogen) atoms. The average molecular weight is 164 g/mol. The van der Waals surface area contributed by atoms with Crippen LogP contribution in [0.25, 0.3) is 0 Å². The van der Waals surface area contributed by atoms with Crippen LogP contribution in [0.4, 0.5) is 0 Å². The van der Waals surface area contributed by atoms with E-state index in [1.54, 1.807) is 13.0 Å². The average Bonchev–Trinajstić information content (AvgIpc) is 1.89. The van der Waals surface area contributed by atoms with Crippen molar-refractivity contribution in [1.29, 1.82) is 0 Å². The topological polar surface area (TPSA) is 44.8 Å². The molecule has 1 rings (SSSR count). The summed E-state index contributed by atoms with van der Waals surface area (Å²) >= 11 is 0. The smallest absolute Gasteiger partial charge is 0.412 e. The first-order valence-corrected chi connectivity index (χ1v) is 4.45. The minimum absolute atomic E-state index is 0.289. The van der Waals surface area contributed by atoms with Crippen LogP contribution in [0.3, 0.4) is 0 Å². The second-order valence-electron chi connectivity index (χ2n) is 1.64. The van der Waals surface area contributed by atoms with E-state index in [1.165, 1.54) is 6.26 Å². The van der Waals surface area contributed by atoms with E-state index >= 15 is 0 Å². The molecule has 0 fully saturated rings. The Labute approximate surface area is 59.4 Å². The van der Waals surface area contributed by atoms with Gasteiger partial charge < -0.3 is 4.52 Å². The Balaban J connectivity index is 2.51. The molecule has 0 aromatic carbocycles. The first kappa shape index (κ1) is 7.79. The zero-order valence-corrected chi connectivity index (χ0v) is 6.54. The summed E-state index contributed by atoms with van der Waals surface area (Å²) in [7, 11) is -3.20. The predicted octanol–water partition coefficient (Wildman–Crippen LogP) is 1.69. The third kappa shape index (κ3) is 1.84. The standard InChI is InChI=1S/C5H9O4P/c1-2-7-10(6)8-4-3-5-9-10/h3-4H,2,5H2,1H3. The Morgan fingerprint density at radius 2 is 2.60 bits per heavy atom. The molecule has 0 aliphatic carbocycles. The summed E-state index contributed by atoms with van der Waals surface area (Å²) in [5.74, 6) is 0. The molecule has 0 saturated heterocycles. The van der Waals surface area contributed by atoms with Gasteiger partial charge in [0.2, 0.25) is 0 Å². The SMILES string of the molecule is CCOP1(=O)OC=CCO1. The third-order valence-corrected chi connectivity index (χ3v) is 2.32. The van der Waals surface area contributed by atoms with Crippen LogP contribution in [-0.4, -0.2) is 13.2 Å². The summed E-state index contributed by atoms with van der Waals surface area (Å²) in [5, 5.41) is 0. The highest BCUT2D eigenvalue weighted by Gasteiger charge is 2.27. The van der Waals surface area contributed by atoms with Crippen molar-refractivity contribution in [3.05, 3.63) is 12.3 Å². The summed E-state index contributed by atoms with van der Waals surface area (Å²) in [6, 6.07) is 0. The Bertz CT molecular complexity index is 176. The number of rotatable bonds is 2. The van der Waals surface area contributed by atoms with Crippen LogP contribution in [0, 0.1) is 0 Å². The van der Waals surface area contributed by atoms with Crippen molar-refractivity contribution in [1.82, 2.24) is 0 Å². The Hall–Kier alpha value is -0.310. The van der Waals surface area contributed by atoms with E-state index in [-0.39, 0.29) is 6.61 Å². The highest BCUT2D eigenvalue weighted by atomic mass is 31.2. The van der Waals surface area contributed by atoms with E-state index in [1.807, 2.05) is 0 Å². The van der Waals surface area contributed by atoms with E-state index < -0.39 is 7.82 Å². The van der Waals surface area contributed by atoms with Crippen LogP contribution in [-0.2, 0) is 18.1 Å². The lowest BCUT2D eigenvalue weighted by Gasteiger charge is -2.17. The highest BCUT2D eigenvalue weighted by molar-refractivity contribution is 7.48. The van der Waals surface area contributed by atoms with Crippen molar-refractivity contribution in [2.24, 2.45) is 0 Å². The maximum Gasteiger partial charge on any atom is 0.529 e. The minimum atomic E-state index is -3.20. The van der Waals surface area contributed by atoms with Crippen LogP contribution < -0.4 is 0 Å². The molecule has 1 aliphatic heterocycles. The van der Waals surface area contributed by atoms with Crippen molar-refractivity contribution >= 4 is 7.82 Å². The molecule has 1 atom stereocenters. The first-order chi connectivity index (χ1) is 4.77. The van der Waals surface area contributed by atoms with Crippen molar-refractivity contribution in [3.8, 4) is 0 Å². The highest BCUT2D eigenvalue weighted by Crippen LogP contribution is 2.50. The molecule has 0 saturated carbocycles. The van der Waals surface area contributed by atoms with E-state index in [4.69, 9.17) is 9.05 Å². The molecule has 0 aromatic heterocycles. The van der Waals surface area contributed by atoms with Gasteiger partial charge in [-0.1, -0.05) is 0 Å².